The number of aryl methyl sites for hydroxylation is 1. The molecule has 0 aliphatic rings. The summed E-state index contributed by atoms with van der Waals surface area (Å²) in [5.74, 6) is 0.516. The third-order valence-corrected chi connectivity index (χ3v) is 2.97. The molecule has 0 fully saturated rings. The second kappa shape index (κ2) is 6.14. The Balaban J connectivity index is 1.95. The molecule has 0 N–H and O–H groups in total. The molecule has 0 saturated carbocycles. The van der Waals surface area contributed by atoms with Crippen LogP contribution in [0.3, 0.4) is 0 Å². The summed E-state index contributed by atoms with van der Waals surface area (Å²) >= 11 is 0. The average molecular weight is 255 g/mol. The highest BCUT2D eigenvalue weighted by Gasteiger charge is 2.13. The van der Waals surface area contributed by atoms with Crippen molar-refractivity contribution in [1.82, 2.24) is 4.98 Å². The van der Waals surface area contributed by atoms with Crippen molar-refractivity contribution in [1.29, 1.82) is 0 Å². The lowest BCUT2D eigenvalue weighted by Gasteiger charge is -2.11. The van der Waals surface area contributed by atoms with E-state index < -0.39 is 0 Å². The zero-order chi connectivity index (χ0) is 13.7. The van der Waals surface area contributed by atoms with Crippen LogP contribution in [0.2, 0.25) is 0 Å². The summed E-state index contributed by atoms with van der Waals surface area (Å²) in [6.07, 6.45) is 3.83. The predicted octanol–water partition coefficient (Wildman–Crippen LogP) is 3.49. The molecule has 1 heterocycles. The number of benzene rings is 1. The van der Waals surface area contributed by atoms with Gasteiger partial charge >= 0.3 is 5.97 Å². The van der Waals surface area contributed by atoms with Gasteiger partial charge in [-0.1, -0.05) is 19.1 Å². The van der Waals surface area contributed by atoms with Crippen LogP contribution in [0.4, 0.5) is 0 Å². The van der Waals surface area contributed by atoms with E-state index in [0.29, 0.717) is 12.2 Å². The first-order chi connectivity index (χ1) is 9.15. The molecule has 3 nitrogen and oxygen atoms in total. The van der Waals surface area contributed by atoms with Gasteiger partial charge in [0.15, 0.2) is 0 Å². The lowest BCUT2D eigenvalue weighted by molar-refractivity contribution is -0.134. The van der Waals surface area contributed by atoms with Crippen LogP contribution in [0.5, 0.6) is 5.75 Å². The summed E-state index contributed by atoms with van der Waals surface area (Å²) in [5.41, 5.74) is 2.17. The molecule has 0 saturated heterocycles. The zero-order valence-corrected chi connectivity index (χ0v) is 11.2. The molecule has 19 heavy (non-hydrogen) atoms. The van der Waals surface area contributed by atoms with Gasteiger partial charge in [-0.3, -0.25) is 9.78 Å². The molecule has 2 rings (SSSR count). The topological polar surface area (TPSA) is 39.2 Å². The number of carbonyl (C=O) groups excluding carboxylic acids is 1. The molecule has 1 aromatic carbocycles. The summed E-state index contributed by atoms with van der Waals surface area (Å²) in [4.78, 5) is 15.8. The molecular weight excluding hydrogens is 238 g/mol. The summed E-state index contributed by atoms with van der Waals surface area (Å²) in [6, 6.07) is 11.3. The molecule has 2 aromatic rings. The smallest absolute Gasteiger partial charge is 0.311 e. The van der Waals surface area contributed by atoms with E-state index in [0.717, 1.165) is 11.1 Å². The van der Waals surface area contributed by atoms with E-state index in [2.05, 4.69) is 4.98 Å². The van der Waals surface area contributed by atoms with Crippen LogP contribution < -0.4 is 4.74 Å². The number of aromatic nitrogens is 1. The third kappa shape index (κ3) is 3.91. The van der Waals surface area contributed by atoms with E-state index >= 15 is 0 Å². The molecule has 0 bridgehead atoms. The van der Waals surface area contributed by atoms with Gasteiger partial charge in [0, 0.05) is 12.4 Å². The molecule has 1 aromatic heterocycles. The minimum Gasteiger partial charge on any atom is -0.427 e. The zero-order valence-electron chi connectivity index (χ0n) is 11.2. The Morgan fingerprint density at radius 1 is 1.26 bits per heavy atom. The van der Waals surface area contributed by atoms with E-state index in [4.69, 9.17) is 4.74 Å². The van der Waals surface area contributed by atoms with E-state index in [1.54, 1.807) is 18.5 Å². The summed E-state index contributed by atoms with van der Waals surface area (Å²) in [6.45, 7) is 3.98. The largest absolute Gasteiger partial charge is 0.427 e. The van der Waals surface area contributed by atoms with Gasteiger partial charge in [0.1, 0.15) is 5.75 Å². The van der Waals surface area contributed by atoms with Gasteiger partial charge in [-0.25, -0.2) is 0 Å². The van der Waals surface area contributed by atoms with Crippen molar-refractivity contribution in [3.8, 4) is 5.75 Å². The first kappa shape index (κ1) is 13.3. The van der Waals surface area contributed by atoms with E-state index in [9.17, 15) is 4.79 Å². The Labute approximate surface area is 113 Å². The average Bonchev–Trinajstić information content (AvgIpc) is 2.39. The second-order valence-corrected chi connectivity index (χ2v) is 4.68. The van der Waals surface area contributed by atoms with Gasteiger partial charge in [-0.15, -0.1) is 0 Å². The number of nitrogens with zero attached hydrogens (tertiary/aromatic N) is 1. The van der Waals surface area contributed by atoms with Crippen molar-refractivity contribution in [2.75, 3.05) is 0 Å². The number of hydrogen-bond acceptors (Lipinski definition) is 3. The quantitative estimate of drug-likeness (QED) is 0.620. The molecule has 0 unspecified atom stereocenters. The maximum absolute atomic E-state index is 11.9. The first-order valence-corrected chi connectivity index (χ1v) is 6.32. The lowest BCUT2D eigenvalue weighted by Crippen LogP contribution is -2.11. The van der Waals surface area contributed by atoms with Gasteiger partial charge in [0.2, 0.25) is 0 Å². The van der Waals surface area contributed by atoms with Crippen LogP contribution in [-0.2, 0) is 4.79 Å². The number of hydrogen-bond donors (Lipinski definition) is 0. The molecule has 0 aliphatic heterocycles. The third-order valence-electron chi connectivity index (χ3n) is 2.97. The highest BCUT2D eigenvalue weighted by atomic mass is 16.5. The minimum absolute atomic E-state index is 0.125. The molecule has 98 valence electrons. The molecule has 0 radical (unpaired) electrons. The maximum Gasteiger partial charge on any atom is 0.311 e. The summed E-state index contributed by atoms with van der Waals surface area (Å²) < 4.78 is 5.33. The Hall–Kier alpha value is -2.16. The van der Waals surface area contributed by atoms with Crippen molar-refractivity contribution < 1.29 is 9.53 Å². The lowest BCUT2D eigenvalue weighted by atomic mass is 9.99. The molecule has 0 spiro atoms. The molecule has 1 atom stereocenters. The van der Waals surface area contributed by atoms with Gasteiger partial charge in [-0.2, -0.15) is 0 Å². The van der Waals surface area contributed by atoms with Crippen molar-refractivity contribution >= 4 is 5.97 Å². The maximum atomic E-state index is 11.9. The van der Waals surface area contributed by atoms with Gasteiger partial charge in [-0.05, 0) is 48.2 Å². The molecule has 3 heteroatoms. The van der Waals surface area contributed by atoms with Crippen LogP contribution in [0, 0.1) is 6.92 Å². The number of esters is 1. The van der Waals surface area contributed by atoms with Crippen molar-refractivity contribution in [2.45, 2.75) is 26.2 Å². The fourth-order valence-electron chi connectivity index (χ4n) is 1.91. The van der Waals surface area contributed by atoms with Gasteiger partial charge in [0.25, 0.3) is 0 Å². The second-order valence-electron chi connectivity index (χ2n) is 4.68. The Morgan fingerprint density at radius 2 is 2.00 bits per heavy atom. The summed E-state index contributed by atoms with van der Waals surface area (Å²) in [5, 5.41) is 0. The number of ether oxygens (including phenoxy) is 1. The number of rotatable bonds is 4. The molecule has 0 aliphatic carbocycles. The van der Waals surface area contributed by atoms with E-state index in [-0.39, 0.29) is 11.9 Å². The van der Waals surface area contributed by atoms with Crippen molar-refractivity contribution in [2.24, 2.45) is 0 Å². The molecular formula is C16H17NO2. The number of pyridine rings is 1. The van der Waals surface area contributed by atoms with Crippen LogP contribution in [-0.4, -0.2) is 11.0 Å². The Kier molecular flexibility index (Phi) is 4.29. The number of carbonyl (C=O) groups is 1. The fourth-order valence-corrected chi connectivity index (χ4v) is 1.91. The predicted molar refractivity (Wildman–Crippen MR) is 74.1 cm³/mol. The summed E-state index contributed by atoms with van der Waals surface area (Å²) in [7, 11) is 0. The van der Waals surface area contributed by atoms with Crippen LogP contribution in [0.1, 0.15) is 30.4 Å². The Morgan fingerprint density at radius 3 is 2.68 bits per heavy atom. The highest BCUT2D eigenvalue weighted by molar-refractivity contribution is 5.73. The Bertz CT molecular complexity index is 552. The van der Waals surface area contributed by atoms with Gasteiger partial charge in [0.05, 0.1) is 6.42 Å². The van der Waals surface area contributed by atoms with E-state index in [1.165, 1.54) is 0 Å². The van der Waals surface area contributed by atoms with E-state index in [1.807, 2.05) is 44.2 Å². The van der Waals surface area contributed by atoms with Crippen LogP contribution >= 0.6 is 0 Å². The monoisotopic (exact) mass is 255 g/mol. The van der Waals surface area contributed by atoms with Crippen LogP contribution in [0.25, 0.3) is 0 Å². The highest BCUT2D eigenvalue weighted by Crippen LogP contribution is 2.20. The van der Waals surface area contributed by atoms with Crippen molar-refractivity contribution in [3.63, 3.8) is 0 Å². The SMILES string of the molecule is Cc1cccc(OC(=O)C[C@@H](C)c2ccncc2)c1. The normalized spacial score (nSPS) is 11.9. The minimum atomic E-state index is -0.213. The van der Waals surface area contributed by atoms with Crippen molar-refractivity contribution in [3.05, 3.63) is 59.9 Å². The standard InChI is InChI=1S/C16H17NO2/c1-12-4-3-5-15(10-12)19-16(18)11-13(2)14-6-8-17-9-7-14/h3-10,13H,11H2,1-2H3/t13-/m1/s1. The van der Waals surface area contributed by atoms with Crippen LogP contribution in [0.15, 0.2) is 48.8 Å². The first-order valence-electron chi connectivity index (χ1n) is 6.32. The molecule has 0 amide bonds. The fraction of sp³-hybridized carbons (Fsp3) is 0.250. The van der Waals surface area contributed by atoms with Gasteiger partial charge < -0.3 is 4.74 Å².